The Labute approximate surface area is 147 Å². The van der Waals surface area contributed by atoms with Gasteiger partial charge >= 0.3 is 6.18 Å². The van der Waals surface area contributed by atoms with Gasteiger partial charge in [-0.1, -0.05) is 23.7 Å². The largest absolute Gasteiger partial charge is 0.420 e. The van der Waals surface area contributed by atoms with Gasteiger partial charge in [0, 0.05) is 24.8 Å². The molecular weight excluding hydrogens is 353 g/mol. The average Bonchev–Trinajstić information content (AvgIpc) is 2.97. The molecule has 3 rings (SSSR count). The molecule has 0 aliphatic heterocycles. The van der Waals surface area contributed by atoms with Gasteiger partial charge in [0.2, 0.25) is 0 Å². The van der Waals surface area contributed by atoms with Gasteiger partial charge in [0.05, 0.1) is 17.6 Å². The lowest BCUT2D eigenvalue weighted by molar-refractivity contribution is -0.137. The number of nitrogens with zero attached hydrogens (tertiary/aromatic N) is 3. The molecule has 0 fully saturated rings. The number of alkyl halides is 3. The fourth-order valence-corrected chi connectivity index (χ4v) is 2.46. The maximum absolute atomic E-state index is 13.1. The molecule has 0 saturated heterocycles. The maximum Gasteiger partial charge on any atom is 0.420 e. The minimum absolute atomic E-state index is 0.171. The van der Waals surface area contributed by atoms with Gasteiger partial charge in [-0.05, 0) is 29.8 Å². The molecule has 0 aliphatic carbocycles. The SMILES string of the molecule is Cn1cc(C(F)(F)F)c(-c2ccc(NCc3ccc(Cl)cc3)cn2)n1. The summed E-state index contributed by atoms with van der Waals surface area (Å²) >= 11 is 5.83. The molecule has 0 aliphatic rings. The first kappa shape index (κ1) is 17.3. The zero-order chi connectivity index (χ0) is 18.0. The first-order valence-electron chi connectivity index (χ1n) is 7.38. The predicted octanol–water partition coefficient (Wildman–Crippen LogP) is 4.77. The number of pyridine rings is 1. The first-order chi connectivity index (χ1) is 11.8. The number of hydrogen-bond donors (Lipinski definition) is 1. The average molecular weight is 367 g/mol. The number of benzene rings is 1. The van der Waals surface area contributed by atoms with Crippen molar-refractivity contribution < 1.29 is 13.2 Å². The molecule has 0 radical (unpaired) electrons. The van der Waals surface area contributed by atoms with E-state index in [0.717, 1.165) is 16.4 Å². The van der Waals surface area contributed by atoms with E-state index in [0.29, 0.717) is 17.3 Å². The summed E-state index contributed by atoms with van der Waals surface area (Å²) in [7, 11) is 1.45. The Hall–Kier alpha value is -2.54. The smallest absolute Gasteiger partial charge is 0.380 e. The van der Waals surface area contributed by atoms with Crippen molar-refractivity contribution in [1.82, 2.24) is 14.8 Å². The second-order valence-corrected chi connectivity index (χ2v) is 5.91. The molecule has 1 N–H and O–H groups in total. The summed E-state index contributed by atoms with van der Waals surface area (Å²) in [5, 5.41) is 7.69. The Morgan fingerprint density at radius 1 is 1.12 bits per heavy atom. The van der Waals surface area contributed by atoms with Crippen LogP contribution >= 0.6 is 11.6 Å². The lowest BCUT2D eigenvalue weighted by Gasteiger charge is -2.08. The molecule has 0 saturated carbocycles. The van der Waals surface area contributed by atoms with Gasteiger partial charge in [-0.2, -0.15) is 18.3 Å². The Kier molecular flexibility index (Phi) is 4.67. The van der Waals surface area contributed by atoms with Crippen LogP contribution < -0.4 is 5.32 Å². The lowest BCUT2D eigenvalue weighted by atomic mass is 10.1. The monoisotopic (exact) mass is 366 g/mol. The van der Waals surface area contributed by atoms with Crippen molar-refractivity contribution in [3.8, 4) is 11.4 Å². The minimum Gasteiger partial charge on any atom is -0.380 e. The third-order valence-electron chi connectivity index (χ3n) is 3.55. The first-order valence-corrected chi connectivity index (χ1v) is 7.76. The molecule has 1 aromatic carbocycles. The van der Waals surface area contributed by atoms with Crippen molar-refractivity contribution in [2.75, 3.05) is 5.32 Å². The molecule has 0 unspecified atom stereocenters. The van der Waals surface area contributed by atoms with Crippen molar-refractivity contribution in [2.45, 2.75) is 12.7 Å². The molecule has 2 aromatic heterocycles. The number of rotatable bonds is 4. The highest BCUT2D eigenvalue weighted by molar-refractivity contribution is 6.30. The fourth-order valence-electron chi connectivity index (χ4n) is 2.33. The third-order valence-corrected chi connectivity index (χ3v) is 3.80. The summed E-state index contributed by atoms with van der Waals surface area (Å²) in [5.74, 6) is 0. The minimum atomic E-state index is -4.48. The summed E-state index contributed by atoms with van der Waals surface area (Å²) in [6.45, 7) is 0.551. The van der Waals surface area contributed by atoms with Gasteiger partial charge in [-0.3, -0.25) is 9.67 Å². The van der Waals surface area contributed by atoms with Crippen LogP contribution in [0.4, 0.5) is 18.9 Å². The van der Waals surface area contributed by atoms with Crippen molar-refractivity contribution >= 4 is 17.3 Å². The van der Waals surface area contributed by atoms with E-state index in [1.807, 2.05) is 12.1 Å². The molecule has 25 heavy (non-hydrogen) atoms. The maximum atomic E-state index is 13.1. The second-order valence-electron chi connectivity index (χ2n) is 5.47. The Bertz CT molecular complexity index is 855. The Morgan fingerprint density at radius 2 is 1.84 bits per heavy atom. The predicted molar refractivity (Wildman–Crippen MR) is 90.2 cm³/mol. The zero-order valence-corrected chi connectivity index (χ0v) is 13.9. The number of nitrogens with one attached hydrogen (secondary N) is 1. The normalized spacial score (nSPS) is 11.6. The molecule has 130 valence electrons. The molecule has 3 aromatic rings. The van der Waals surface area contributed by atoms with Crippen molar-refractivity contribution in [2.24, 2.45) is 7.05 Å². The molecule has 4 nitrogen and oxygen atoms in total. The van der Waals surface area contributed by atoms with Crippen LogP contribution in [0.5, 0.6) is 0 Å². The van der Waals surface area contributed by atoms with Crippen LogP contribution in [0.3, 0.4) is 0 Å². The highest BCUT2D eigenvalue weighted by Crippen LogP contribution is 2.35. The van der Waals surface area contributed by atoms with E-state index in [2.05, 4.69) is 15.4 Å². The van der Waals surface area contributed by atoms with E-state index >= 15 is 0 Å². The van der Waals surface area contributed by atoms with Crippen LogP contribution in [-0.4, -0.2) is 14.8 Å². The standard InChI is InChI=1S/C17H14ClF3N4/c1-25-10-14(17(19,20)21)16(24-25)15-7-6-13(9-23-15)22-8-11-2-4-12(18)5-3-11/h2-7,9-10,22H,8H2,1H3. The van der Waals surface area contributed by atoms with Gasteiger partial charge in [-0.15, -0.1) is 0 Å². The molecule has 0 spiro atoms. The molecule has 0 amide bonds. The summed E-state index contributed by atoms with van der Waals surface area (Å²) < 4.78 is 40.3. The Morgan fingerprint density at radius 3 is 2.44 bits per heavy atom. The van der Waals surface area contributed by atoms with Crippen LogP contribution in [0, 0.1) is 0 Å². The van der Waals surface area contributed by atoms with Gasteiger partial charge < -0.3 is 5.32 Å². The van der Waals surface area contributed by atoms with Crippen LogP contribution in [0.25, 0.3) is 11.4 Å². The second kappa shape index (κ2) is 6.76. The van der Waals surface area contributed by atoms with E-state index in [1.165, 1.54) is 19.3 Å². The highest BCUT2D eigenvalue weighted by atomic mass is 35.5. The van der Waals surface area contributed by atoms with E-state index in [1.54, 1.807) is 18.2 Å². The molecular formula is C17H14ClF3N4. The van der Waals surface area contributed by atoms with Crippen molar-refractivity contribution in [1.29, 1.82) is 0 Å². The summed E-state index contributed by atoms with van der Waals surface area (Å²) in [6.07, 6.45) is -2.04. The topological polar surface area (TPSA) is 42.7 Å². The Balaban J connectivity index is 1.75. The van der Waals surface area contributed by atoms with E-state index < -0.39 is 11.7 Å². The molecule has 0 atom stereocenters. The van der Waals surface area contributed by atoms with Gasteiger partial charge in [0.25, 0.3) is 0 Å². The van der Waals surface area contributed by atoms with Crippen LogP contribution in [0.15, 0.2) is 48.8 Å². The van der Waals surface area contributed by atoms with Crippen LogP contribution in [0.2, 0.25) is 5.02 Å². The van der Waals surface area contributed by atoms with Gasteiger partial charge in [0.1, 0.15) is 11.3 Å². The number of halogens is 4. The van der Waals surface area contributed by atoms with Crippen LogP contribution in [0.1, 0.15) is 11.1 Å². The van der Waals surface area contributed by atoms with E-state index in [9.17, 15) is 13.2 Å². The molecule has 0 bridgehead atoms. The van der Waals surface area contributed by atoms with Crippen molar-refractivity contribution in [3.05, 3.63) is 64.9 Å². The van der Waals surface area contributed by atoms with Crippen molar-refractivity contribution in [3.63, 3.8) is 0 Å². The summed E-state index contributed by atoms with van der Waals surface area (Å²) in [5.41, 5.74) is 0.911. The van der Waals surface area contributed by atoms with Gasteiger partial charge in [0.15, 0.2) is 0 Å². The third kappa shape index (κ3) is 4.11. The van der Waals surface area contributed by atoms with Crippen LogP contribution in [-0.2, 0) is 19.8 Å². The number of aryl methyl sites for hydroxylation is 1. The lowest BCUT2D eigenvalue weighted by Crippen LogP contribution is -2.06. The van der Waals surface area contributed by atoms with E-state index in [4.69, 9.17) is 11.6 Å². The quantitative estimate of drug-likeness (QED) is 0.723. The molecule has 2 heterocycles. The number of anilines is 1. The molecule has 8 heteroatoms. The number of hydrogen-bond acceptors (Lipinski definition) is 3. The zero-order valence-electron chi connectivity index (χ0n) is 13.2. The summed E-state index contributed by atoms with van der Waals surface area (Å²) in [4.78, 5) is 4.10. The number of aromatic nitrogens is 3. The van der Waals surface area contributed by atoms with E-state index in [-0.39, 0.29) is 11.4 Å². The summed E-state index contributed by atoms with van der Waals surface area (Å²) in [6, 6.07) is 10.6. The fraction of sp³-hybridized carbons (Fsp3) is 0.176. The van der Waals surface area contributed by atoms with Gasteiger partial charge in [-0.25, -0.2) is 0 Å². The highest BCUT2D eigenvalue weighted by Gasteiger charge is 2.36.